The highest BCUT2D eigenvalue weighted by Gasteiger charge is 2.49. The first kappa shape index (κ1) is 22.2. The second kappa shape index (κ2) is 8.70. The van der Waals surface area contributed by atoms with Crippen LogP contribution in [0.1, 0.15) is 37.4 Å². The lowest BCUT2D eigenvalue weighted by Gasteiger charge is -2.40. The number of carboxylic acid groups (broad SMARTS) is 2. The lowest BCUT2D eigenvalue weighted by Crippen LogP contribution is -2.52. The van der Waals surface area contributed by atoms with E-state index in [0.29, 0.717) is 0 Å². The molecule has 2 N–H and O–H groups in total. The van der Waals surface area contributed by atoms with E-state index in [2.05, 4.69) is 0 Å². The number of benzene rings is 1. The summed E-state index contributed by atoms with van der Waals surface area (Å²) >= 11 is 0. The normalized spacial score (nSPS) is 21.9. The summed E-state index contributed by atoms with van der Waals surface area (Å²) < 4.78 is 16.0. The van der Waals surface area contributed by atoms with Crippen LogP contribution in [0.3, 0.4) is 0 Å². The molecule has 0 bridgehead atoms. The Bertz CT molecular complexity index is 849. The molecule has 2 unspecified atom stereocenters. The summed E-state index contributed by atoms with van der Waals surface area (Å²) in [5, 5.41) is 19.4. The first-order valence-corrected chi connectivity index (χ1v) is 9.63. The second-order valence-corrected chi connectivity index (χ2v) is 7.22. The van der Waals surface area contributed by atoms with Crippen molar-refractivity contribution in [1.82, 2.24) is 9.80 Å². The summed E-state index contributed by atoms with van der Waals surface area (Å²) in [5.74, 6) is -2.75. The minimum absolute atomic E-state index is 0.0301. The zero-order valence-electron chi connectivity index (χ0n) is 17.4. The quantitative estimate of drug-likeness (QED) is 0.606. The van der Waals surface area contributed by atoms with E-state index in [1.54, 1.807) is 0 Å². The molecule has 11 nitrogen and oxygen atoms in total. The number of carbonyl (C=O) groups is 4. The van der Waals surface area contributed by atoms with Gasteiger partial charge in [0.25, 0.3) is 0 Å². The molecule has 1 aromatic rings. The predicted molar refractivity (Wildman–Crippen MR) is 104 cm³/mol. The lowest BCUT2D eigenvalue weighted by molar-refractivity contribution is -0.160. The van der Waals surface area contributed by atoms with Crippen LogP contribution in [0.4, 0.5) is 0 Å². The molecule has 2 amide bonds. The number of rotatable bonds is 8. The van der Waals surface area contributed by atoms with Crippen molar-refractivity contribution in [2.75, 3.05) is 21.3 Å². The van der Waals surface area contributed by atoms with Gasteiger partial charge in [0.1, 0.15) is 18.2 Å². The molecule has 0 aromatic heterocycles. The van der Waals surface area contributed by atoms with Crippen LogP contribution in [-0.4, -0.2) is 77.2 Å². The van der Waals surface area contributed by atoms with Gasteiger partial charge in [-0.1, -0.05) is 0 Å². The number of carbonyl (C=O) groups excluding carboxylic acids is 2. The Morgan fingerprint density at radius 1 is 0.871 bits per heavy atom. The summed E-state index contributed by atoms with van der Waals surface area (Å²) in [7, 11) is 4.18. The molecule has 31 heavy (non-hydrogen) atoms. The van der Waals surface area contributed by atoms with Gasteiger partial charge >= 0.3 is 11.9 Å². The third kappa shape index (κ3) is 3.82. The Morgan fingerprint density at radius 2 is 1.29 bits per heavy atom. The smallest absolute Gasteiger partial charge is 0.326 e. The van der Waals surface area contributed by atoms with Crippen LogP contribution in [0.15, 0.2) is 12.1 Å². The fourth-order valence-electron chi connectivity index (χ4n) is 4.21. The molecule has 0 radical (unpaired) electrons. The number of methoxy groups -OCH3 is 3. The van der Waals surface area contributed by atoms with Crippen molar-refractivity contribution in [3.8, 4) is 17.2 Å². The number of hydrogen-bond acceptors (Lipinski definition) is 7. The van der Waals surface area contributed by atoms with Gasteiger partial charge in [-0.25, -0.2) is 9.59 Å². The van der Waals surface area contributed by atoms with Gasteiger partial charge in [0.2, 0.25) is 17.6 Å². The fourth-order valence-corrected chi connectivity index (χ4v) is 4.21. The van der Waals surface area contributed by atoms with Crippen LogP contribution in [0.5, 0.6) is 17.2 Å². The lowest BCUT2D eigenvalue weighted by atomic mass is 10.1. The maximum atomic E-state index is 12.8. The van der Waals surface area contributed by atoms with E-state index in [0.717, 1.165) is 9.80 Å². The van der Waals surface area contributed by atoms with E-state index >= 15 is 0 Å². The molecule has 168 valence electrons. The van der Waals surface area contributed by atoms with Crippen molar-refractivity contribution in [2.45, 2.75) is 43.9 Å². The van der Waals surface area contributed by atoms with Crippen LogP contribution in [0.25, 0.3) is 0 Å². The molecule has 0 aliphatic carbocycles. The molecule has 0 spiro atoms. The number of nitrogens with zero attached hydrogens (tertiary/aromatic N) is 2. The molecule has 2 fully saturated rings. The highest BCUT2D eigenvalue weighted by Crippen LogP contribution is 2.44. The maximum absolute atomic E-state index is 12.8. The summed E-state index contributed by atoms with van der Waals surface area (Å²) in [4.78, 5) is 51.4. The van der Waals surface area contributed by atoms with E-state index in [1.165, 1.54) is 33.5 Å². The van der Waals surface area contributed by atoms with E-state index in [1.807, 2.05) is 0 Å². The summed E-state index contributed by atoms with van der Waals surface area (Å²) in [6.45, 7) is 0. The number of carboxylic acids is 2. The van der Waals surface area contributed by atoms with Crippen molar-refractivity contribution in [1.29, 1.82) is 0 Å². The van der Waals surface area contributed by atoms with Crippen LogP contribution in [0, 0.1) is 0 Å². The molecule has 11 heteroatoms. The average Bonchev–Trinajstić information content (AvgIpc) is 3.31. The molecule has 2 aliphatic rings. The number of likely N-dealkylation sites (tertiary alicyclic amines) is 2. The maximum Gasteiger partial charge on any atom is 0.326 e. The summed E-state index contributed by atoms with van der Waals surface area (Å²) in [6, 6.07) is 0.557. The molecule has 2 atom stereocenters. The third-order valence-corrected chi connectivity index (χ3v) is 5.59. The molecule has 2 heterocycles. The first-order chi connectivity index (χ1) is 14.7. The van der Waals surface area contributed by atoms with Crippen molar-refractivity contribution >= 4 is 23.8 Å². The van der Waals surface area contributed by atoms with Crippen molar-refractivity contribution in [2.24, 2.45) is 0 Å². The van der Waals surface area contributed by atoms with Crippen LogP contribution in [-0.2, 0) is 19.2 Å². The van der Waals surface area contributed by atoms with E-state index in [9.17, 15) is 29.4 Å². The van der Waals surface area contributed by atoms with Crippen molar-refractivity contribution < 1.29 is 43.6 Å². The van der Waals surface area contributed by atoms with Gasteiger partial charge in [0.15, 0.2) is 11.5 Å². The van der Waals surface area contributed by atoms with Crippen LogP contribution >= 0.6 is 0 Å². The monoisotopic (exact) mass is 436 g/mol. The average molecular weight is 436 g/mol. The Hall–Kier alpha value is -3.50. The Morgan fingerprint density at radius 3 is 1.61 bits per heavy atom. The zero-order chi connectivity index (χ0) is 22.9. The number of amides is 2. The van der Waals surface area contributed by atoms with Gasteiger partial charge in [-0.15, -0.1) is 0 Å². The topological polar surface area (TPSA) is 143 Å². The van der Waals surface area contributed by atoms with Crippen LogP contribution < -0.4 is 14.2 Å². The first-order valence-electron chi connectivity index (χ1n) is 9.63. The largest absolute Gasteiger partial charge is 0.493 e. The van der Waals surface area contributed by atoms with Gasteiger partial charge in [0.05, 0.1) is 21.3 Å². The number of ether oxygens (including phenoxy) is 3. The summed E-state index contributed by atoms with van der Waals surface area (Å²) in [6.07, 6.45) is -1.22. The minimum Gasteiger partial charge on any atom is -0.493 e. The minimum atomic E-state index is -1.26. The standard InChI is InChI=1S/C20H24N2O9/c1-29-13-8-10(9-14(30-2)17(13)31-3)18(21-11(19(25)26)4-6-15(21)23)22-12(20(27)28)5-7-16(22)24/h8-9,11-12,18H,4-7H2,1-3H3,(H,25,26)(H,27,28). The van der Waals surface area contributed by atoms with Gasteiger partial charge in [-0.3, -0.25) is 9.59 Å². The van der Waals surface area contributed by atoms with E-state index < -0.39 is 42.0 Å². The number of aliphatic carboxylic acids is 2. The Balaban J connectivity index is 2.24. The van der Waals surface area contributed by atoms with Crippen LogP contribution in [0.2, 0.25) is 0 Å². The van der Waals surface area contributed by atoms with Gasteiger partial charge < -0.3 is 34.2 Å². The summed E-state index contributed by atoms with van der Waals surface area (Å²) in [5.41, 5.74) is 0.275. The molecular formula is C20H24N2O9. The van der Waals surface area contributed by atoms with Crippen molar-refractivity contribution in [3.05, 3.63) is 17.7 Å². The third-order valence-electron chi connectivity index (χ3n) is 5.59. The zero-order valence-corrected chi connectivity index (χ0v) is 17.4. The highest BCUT2D eigenvalue weighted by atomic mass is 16.5. The second-order valence-electron chi connectivity index (χ2n) is 7.22. The molecule has 1 aromatic carbocycles. The van der Waals surface area contributed by atoms with Gasteiger partial charge in [0, 0.05) is 18.4 Å². The molecule has 2 saturated heterocycles. The number of hydrogen-bond donors (Lipinski definition) is 2. The van der Waals surface area contributed by atoms with Gasteiger partial charge in [-0.2, -0.15) is 0 Å². The highest BCUT2D eigenvalue weighted by molar-refractivity contribution is 5.91. The van der Waals surface area contributed by atoms with E-state index in [4.69, 9.17) is 14.2 Å². The Kier molecular flexibility index (Phi) is 6.23. The SMILES string of the molecule is COc1cc(C(N2C(=O)CCC2C(=O)O)N2C(=O)CCC2C(=O)O)cc(OC)c1OC. The molecule has 0 saturated carbocycles. The van der Waals surface area contributed by atoms with Gasteiger partial charge in [-0.05, 0) is 25.0 Å². The Labute approximate surface area is 178 Å². The molecule has 3 rings (SSSR count). The van der Waals surface area contributed by atoms with E-state index in [-0.39, 0.29) is 48.5 Å². The predicted octanol–water partition coefficient (Wildman–Crippen LogP) is 0.862. The fraction of sp³-hybridized carbons (Fsp3) is 0.500. The van der Waals surface area contributed by atoms with Crippen molar-refractivity contribution in [3.63, 3.8) is 0 Å². The molecule has 2 aliphatic heterocycles. The molecular weight excluding hydrogens is 412 g/mol.